The summed E-state index contributed by atoms with van der Waals surface area (Å²) in [6, 6.07) is 2.34. The van der Waals surface area contributed by atoms with Crippen LogP contribution in [-0.2, 0) is 0 Å². The van der Waals surface area contributed by atoms with Crippen LogP contribution in [-0.4, -0.2) is 30.4 Å². The molecule has 0 spiro atoms. The molecule has 6 heteroatoms. The number of halogens is 3. The Balaban J connectivity index is 2.22. The van der Waals surface area contributed by atoms with Crippen LogP contribution in [0.5, 0.6) is 0 Å². The molecule has 2 rings (SSSR count). The minimum Gasteiger partial charge on any atom is -0.338 e. The van der Waals surface area contributed by atoms with Crippen molar-refractivity contribution in [2.45, 2.75) is 6.42 Å². The van der Waals surface area contributed by atoms with Crippen molar-refractivity contribution in [3.8, 4) is 0 Å². The monoisotopic (exact) mass is 290 g/mol. The number of likely N-dealkylation sites (tertiary alicyclic amines) is 1. The summed E-state index contributed by atoms with van der Waals surface area (Å²) >= 11 is 11.5. The Hall–Kier alpha value is -0.840. The summed E-state index contributed by atoms with van der Waals surface area (Å²) in [6.07, 6.45) is 0.871. The Kier molecular flexibility index (Phi) is 4.10. The third kappa shape index (κ3) is 2.60. The van der Waals surface area contributed by atoms with Gasteiger partial charge in [0.2, 0.25) is 0 Å². The first-order chi connectivity index (χ1) is 8.52. The number of hydrogen-bond donors (Lipinski definition) is 1. The molecule has 0 aromatic heterocycles. The van der Waals surface area contributed by atoms with Gasteiger partial charge in [0, 0.05) is 13.1 Å². The van der Waals surface area contributed by atoms with Gasteiger partial charge >= 0.3 is 0 Å². The van der Waals surface area contributed by atoms with Crippen LogP contribution in [0.3, 0.4) is 0 Å². The topological polar surface area (TPSA) is 46.3 Å². The van der Waals surface area contributed by atoms with E-state index in [2.05, 4.69) is 0 Å². The van der Waals surface area contributed by atoms with Gasteiger partial charge in [-0.2, -0.15) is 0 Å². The molecular weight excluding hydrogens is 278 g/mol. The Morgan fingerprint density at radius 1 is 1.44 bits per heavy atom. The van der Waals surface area contributed by atoms with E-state index in [9.17, 15) is 9.18 Å². The van der Waals surface area contributed by atoms with Gasteiger partial charge in [-0.3, -0.25) is 4.79 Å². The normalized spacial score (nSPS) is 19.3. The van der Waals surface area contributed by atoms with Crippen LogP contribution in [0.4, 0.5) is 4.39 Å². The van der Waals surface area contributed by atoms with Crippen molar-refractivity contribution in [2.75, 3.05) is 19.6 Å². The second-order valence-corrected chi connectivity index (χ2v) is 5.20. The molecule has 2 N–H and O–H groups in total. The molecule has 1 saturated heterocycles. The lowest BCUT2D eigenvalue weighted by molar-refractivity contribution is 0.0787. The molecule has 1 atom stereocenters. The third-order valence-corrected chi connectivity index (χ3v) is 3.75. The van der Waals surface area contributed by atoms with Crippen LogP contribution in [0.1, 0.15) is 16.8 Å². The summed E-state index contributed by atoms with van der Waals surface area (Å²) in [7, 11) is 0. The van der Waals surface area contributed by atoms with E-state index in [-0.39, 0.29) is 21.5 Å². The highest BCUT2D eigenvalue weighted by atomic mass is 35.5. The molecule has 1 aliphatic heterocycles. The summed E-state index contributed by atoms with van der Waals surface area (Å²) < 4.78 is 13.4. The van der Waals surface area contributed by atoms with Crippen molar-refractivity contribution in [1.29, 1.82) is 0 Å². The van der Waals surface area contributed by atoms with Gasteiger partial charge in [-0.05, 0) is 31.0 Å². The standard InChI is InChI=1S/C12H13Cl2FN2O/c13-9-4-10(14)11(15)3-8(9)12(18)17-2-1-7(5-16)6-17/h3-4,7H,1-2,5-6,16H2/t7-/m0/s1. The molecular formula is C12H13Cl2FN2O. The molecule has 1 aliphatic rings. The largest absolute Gasteiger partial charge is 0.338 e. The molecule has 0 aliphatic carbocycles. The molecule has 1 aromatic rings. The first-order valence-electron chi connectivity index (χ1n) is 5.66. The lowest BCUT2D eigenvalue weighted by atomic mass is 10.1. The van der Waals surface area contributed by atoms with Crippen molar-refractivity contribution in [1.82, 2.24) is 4.90 Å². The smallest absolute Gasteiger partial charge is 0.255 e. The van der Waals surface area contributed by atoms with Gasteiger partial charge in [0.05, 0.1) is 15.6 Å². The van der Waals surface area contributed by atoms with Crippen LogP contribution in [0.15, 0.2) is 12.1 Å². The summed E-state index contributed by atoms with van der Waals surface area (Å²) in [4.78, 5) is 13.8. The number of carbonyl (C=O) groups is 1. The molecule has 0 unspecified atom stereocenters. The number of hydrogen-bond acceptors (Lipinski definition) is 2. The van der Waals surface area contributed by atoms with Crippen LogP contribution >= 0.6 is 23.2 Å². The first kappa shape index (κ1) is 13.6. The minimum atomic E-state index is -0.640. The maximum Gasteiger partial charge on any atom is 0.255 e. The van der Waals surface area contributed by atoms with E-state index in [1.54, 1.807) is 4.90 Å². The molecule has 18 heavy (non-hydrogen) atoms. The highest BCUT2D eigenvalue weighted by Gasteiger charge is 2.27. The van der Waals surface area contributed by atoms with Gasteiger partial charge in [-0.25, -0.2) is 4.39 Å². The zero-order valence-corrected chi connectivity index (χ0v) is 11.1. The van der Waals surface area contributed by atoms with Gasteiger partial charge in [0.25, 0.3) is 5.91 Å². The number of amides is 1. The van der Waals surface area contributed by atoms with Gasteiger partial charge in [0.15, 0.2) is 0 Å². The number of benzene rings is 1. The van der Waals surface area contributed by atoms with Gasteiger partial charge < -0.3 is 10.6 Å². The molecule has 0 bridgehead atoms. The highest BCUT2D eigenvalue weighted by molar-refractivity contribution is 6.36. The molecule has 1 amide bonds. The van der Waals surface area contributed by atoms with Crippen LogP contribution in [0.2, 0.25) is 10.0 Å². The Morgan fingerprint density at radius 2 is 2.17 bits per heavy atom. The third-order valence-electron chi connectivity index (χ3n) is 3.15. The molecule has 3 nitrogen and oxygen atoms in total. The summed E-state index contributed by atoms with van der Waals surface area (Å²) in [6.45, 7) is 1.77. The van der Waals surface area contributed by atoms with Crippen molar-refractivity contribution < 1.29 is 9.18 Å². The van der Waals surface area contributed by atoms with E-state index >= 15 is 0 Å². The fraction of sp³-hybridized carbons (Fsp3) is 0.417. The second-order valence-electron chi connectivity index (χ2n) is 4.39. The van der Waals surface area contributed by atoms with E-state index in [1.165, 1.54) is 6.07 Å². The maximum absolute atomic E-state index is 13.4. The van der Waals surface area contributed by atoms with Gasteiger partial charge in [0.1, 0.15) is 5.82 Å². The molecule has 0 saturated carbocycles. The van der Waals surface area contributed by atoms with E-state index in [0.29, 0.717) is 25.6 Å². The predicted octanol–water partition coefficient (Wildman–Crippen LogP) is 2.55. The van der Waals surface area contributed by atoms with Crippen molar-refractivity contribution in [3.05, 3.63) is 33.6 Å². The van der Waals surface area contributed by atoms with E-state index < -0.39 is 5.82 Å². The quantitative estimate of drug-likeness (QED) is 0.851. The fourth-order valence-corrected chi connectivity index (χ4v) is 2.53. The number of rotatable bonds is 2. The maximum atomic E-state index is 13.4. The summed E-state index contributed by atoms with van der Waals surface area (Å²) in [5.74, 6) is -0.602. The number of carbonyl (C=O) groups excluding carboxylic acids is 1. The minimum absolute atomic E-state index is 0.0854. The van der Waals surface area contributed by atoms with Crippen molar-refractivity contribution in [3.63, 3.8) is 0 Å². The molecule has 0 radical (unpaired) electrons. The number of nitrogens with zero attached hydrogens (tertiary/aromatic N) is 1. The van der Waals surface area contributed by atoms with Gasteiger partial charge in [-0.15, -0.1) is 0 Å². The van der Waals surface area contributed by atoms with Gasteiger partial charge in [-0.1, -0.05) is 23.2 Å². The molecule has 1 fully saturated rings. The SMILES string of the molecule is NC[C@@H]1CCN(C(=O)c2cc(F)c(Cl)cc2Cl)C1. The van der Waals surface area contributed by atoms with E-state index in [4.69, 9.17) is 28.9 Å². The number of nitrogens with two attached hydrogens (primary N) is 1. The summed E-state index contributed by atoms with van der Waals surface area (Å²) in [5.41, 5.74) is 5.72. The second kappa shape index (κ2) is 5.43. The van der Waals surface area contributed by atoms with E-state index in [1.807, 2.05) is 0 Å². The fourth-order valence-electron chi connectivity index (χ4n) is 2.07. The Morgan fingerprint density at radius 3 is 2.78 bits per heavy atom. The van der Waals surface area contributed by atoms with Crippen LogP contribution in [0.25, 0.3) is 0 Å². The molecule has 98 valence electrons. The molecule has 1 aromatic carbocycles. The summed E-state index contributed by atoms with van der Waals surface area (Å²) in [5, 5.41) is 0.0837. The van der Waals surface area contributed by atoms with E-state index in [0.717, 1.165) is 12.5 Å². The Bertz CT molecular complexity index is 481. The van der Waals surface area contributed by atoms with Crippen LogP contribution < -0.4 is 5.73 Å². The average molecular weight is 291 g/mol. The van der Waals surface area contributed by atoms with Crippen molar-refractivity contribution >= 4 is 29.1 Å². The first-order valence-corrected chi connectivity index (χ1v) is 6.42. The average Bonchev–Trinajstić information content (AvgIpc) is 2.81. The zero-order chi connectivity index (χ0) is 13.3. The lowest BCUT2D eigenvalue weighted by Gasteiger charge is -2.17. The lowest BCUT2D eigenvalue weighted by Crippen LogP contribution is -2.30. The van der Waals surface area contributed by atoms with Crippen molar-refractivity contribution in [2.24, 2.45) is 11.7 Å². The van der Waals surface area contributed by atoms with Crippen LogP contribution in [0, 0.1) is 11.7 Å². The Labute approximate surface area is 115 Å². The zero-order valence-electron chi connectivity index (χ0n) is 9.63. The molecule has 1 heterocycles. The predicted molar refractivity (Wildman–Crippen MR) is 69.5 cm³/mol. The highest BCUT2D eigenvalue weighted by Crippen LogP contribution is 2.27.